The Morgan fingerprint density at radius 3 is 2.50 bits per heavy atom. The Kier molecular flexibility index (Phi) is 6.73. The Morgan fingerprint density at radius 1 is 1.00 bits per heavy atom. The van der Waals surface area contributed by atoms with Crippen molar-refractivity contribution < 1.29 is 24.2 Å². The number of urea groups is 1. The predicted octanol–water partition coefficient (Wildman–Crippen LogP) is 2.73. The molecule has 0 spiro atoms. The second-order valence-corrected chi connectivity index (χ2v) is 6.62. The molecule has 0 fully saturated rings. The van der Waals surface area contributed by atoms with Crippen LogP contribution in [-0.2, 0) is 17.8 Å². The summed E-state index contributed by atoms with van der Waals surface area (Å²) in [5.74, 6) is 0.502. The van der Waals surface area contributed by atoms with E-state index in [4.69, 9.17) is 14.6 Å². The van der Waals surface area contributed by atoms with Crippen molar-refractivity contribution in [2.75, 3.05) is 13.2 Å². The van der Waals surface area contributed by atoms with E-state index < -0.39 is 5.97 Å². The van der Waals surface area contributed by atoms with Crippen LogP contribution < -0.4 is 20.1 Å². The van der Waals surface area contributed by atoms with Crippen molar-refractivity contribution >= 4 is 12.0 Å². The minimum atomic E-state index is -0.878. The molecule has 1 atom stereocenters. The maximum atomic E-state index is 12.3. The summed E-state index contributed by atoms with van der Waals surface area (Å²) in [5, 5.41) is 14.7. The van der Waals surface area contributed by atoms with Gasteiger partial charge in [0.25, 0.3) is 0 Å². The molecule has 3 rings (SSSR count). The summed E-state index contributed by atoms with van der Waals surface area (Å²) in [7, 11) is 0. The van der Waals surface area contributed by atoms with Gasteiger partial charge in [-0.3, -0.25) is 4.79 Å². The number of carboxylic acids is 1. The third-order valence-corrected chi connectivity index (χ3v) is 4.43. The van der Waals surface area contributed by atoms with Crippen LogP contribution in [0.1, 0.15) is 24.0 Å². The fourth-order valence-corrected chi connectivity index (χ4v) is 3.04. The fraction of sp³-hybridized carbons (Fsp3) is 0.333. The molecular formula is C21H24N2O5. The highest BCUT2D eigenvalue weighted by molar-refractivity contribution is 5.74. The number of fused-ring (bicyclic) bond motifs is 1. The normalized spacial score (nSPS) is 13.4. The molecule has 0 bridgehead atoms. The largest absolute Gasteiger partial charge is 0.486 e. The summed E-state index contributed by atoms with van der Waals surface area (Å²) in [6, 6.07) is 14.6. The summed E-state index contributed by atoms with van der Waals surface area (Å²) >= 11 is 0. The number of benzene rings is 2. The fourth-order valence-electron chi connectivity index (χ4n) is 3.04. The molecular weight excluding hydrogens is 360 g/mol. The Morgan fingerprint density at radius 2 is 1.75 bits per heavy atom. The van der Waals surface area contributed by atoms with Crippen molar-refractivity contribution in [1.29, 1.82) is 0 Å². The molecule has 0 saturated carbocycles. The molecule has 1 heterocycles. The lowest BCUT2D eigenvalue weighted by atomic mass is 10.0. The molecule has 1 aliphatic rings. The summed E-state index contributed by atoms with van der Waals surface area (Å²) in [5.41, 5.74) is 1.94. The van der Waals surface area contributed by atoms with E-state index in [9.17, 15) is 9.59 Å². The first kappa shape index (κ1) is 19.5. The Balaban J connectivity index is 1.54. The minimum absolute atomic E-state index is 0.0000583. The van der Waals surface area contributed by atoms with E-state index in [-0.39, 0.29) is 18.5 Å². The van der Waals surface area contributed by atoms with E-state index in [0.717, 1.165) is 11.1 Å². The maximum absolute atomic E-state index is 12.3. The van der Waals surface area contributed by atoms with Crippen molar-refractivity contribution in [1.82, 2.24) is 10.6 Å². The summed E-state index contributed by atoms with van der Waals surface area (Å²) in [4.78, 5) is 23.2. The van der Waals surface area contributed by atoms with Crippen LogP contribution in [0.25, 0.3) is 0 Å². The Hall–Kier alpha value is -3.22. The second-order valence-electron chi connectivity index (χ2n) is 6.62. The van der Waals surface area contributed by atoms with Crippen LogP contribution in [0.4, 0.5) is 4.79 Å². The van der Waals surface area contributed by atoms with E-state index in [0.29, 0.717) is 44.1 Å². The zero-order chi connectivity index (χ0) is 19.8. The Labute approximate surface area is 163 Å². The van der Waals surface area contributed by atoms with Crippen molar-refractivity contribution in [3.05, 3.63) is 59.7 Å². The number of amides is 2. The highest BCUT2D eigenvalue weighted by atomic mass is 16.6. The first-order valence-electron chi connectivity index (χ1n) is 9.29. The van der Waals surface area contributed by atoms with Gasteiger partial charge >= 0.3 is 12.0 Å². The molecule has 1 unspecified atom stereocenters. The molecule has 2 aromatic rings. The van der Waals surface area contributed by atoms with Gasteiger partial charge in [-0.05, 0) is 36.1 Å². The lowest BCUT2D eigenvalue weighted by Crippen LogP contribution is -2.43. The second kappa shape index (κ2) is 9.64. The van der Waals surface area contributed by atoms with Crippen LogP contribution in [-0.4, -0.2) is 36.4 Å². The van der Waals surface area contributed by atoms with Gasteiger partial charge in [-0.2, -0.15) is 0 Å². The molecule has 28 heavy (non-hydrogen) atoms. The maximum Gasteiger partial charge on any atom is 0.315 e. The van der Waals surface area contributed by atoms with Gasteiger partial charge in [0.05, 0.1) is 0 Å². The summed E-state index contributed by atoms with van der Waals surface area (Å²) in [6.07, 6.45) is 0.938. The van der Waals surface area contributed by atoms with E-state index in [1.165, 1.54) is 0 Å². The van der Waals surface area contributed by atoms with Gasteiger partial charge in [-0.1, -0.05) is 36.4 Å². The van der Waals surface area contributed by atoms with Crippen LogP contribution in [0.2, 0.25) is 0 Å². The smallest absolute Gasteiger partial charge is 0.315 e. The number of carbonyl (C=O) groups is 2. The van der Waals surface area contributed by atoms with Crippen LogP contribution in [0.5, 0.6) is 11.5 Å². The standard InChI is InChI=1S/C21H24N2O5/c24-20(25)9-7-17(12-15-4-2-1-3-5-15)23-21(26)22-14-16-6-8-18-19(13-16)28-11-10-27-18/h1-6,8,13,17H,7,9-12,14H2,(H,24,25)(H2,22,23,26). The van der Waals surface area contributed by atoms with Crippen molar-refractivity contribution in [2.45, 2.75) is 31.8 Å². The molecule has 1 aliphatic heterocycles. The number of hydrogen-bond donors (Lipinski definition) is 3. The van der Waals surface area contributed by atoms with Crippen LogP contribution >= 0.6 is 0 Å². The number of ether oxygens (including phenoxy) is 2. The molecule has 148 valence electrons. The lowest BCUT2D eigenvalue weighted by Gasteiger charge is -2.20. The number of carbonyl (C=O) groups excluding carboxylic acids is 1. The molecule has 7 heteroatoms. The van der Waals surface area contributed by atoms with Gasteiger partial charge in [0.2, 0.25) is 0 Å². The third-order valence-electron chi connectivity index (χ3n) is 4.43. The van der Waals surface area contributed by atoms with E-state index in [2.05, 4.69) is 10.6 Å². The highest BCUT2D eigenvalue weighted by Gasteiger charge is 2.16. The molecule has 0 aliphatic carbocycles. The molecule has 2 aromatic carbocycles. The topological polar surface area (TPSA) is 96.9 Å². The number of aliphatic carboxylic acids is 1. The minimum Gasteiger partial charge on any atom is -0.486 e. The molecule has 2 amide bonds. The molecule has 0 saturated heterocycles. The zero-order valence-electron chi connectivity index (χ0n) is 15.5. The van der Waals surface area contributed by atoms with Gasteiger partial charge in [0, 0.05) is 19.0 Å². The highest BCUT2D eigenvalue weighted by Crippen LogP contribution is 2.30. The predicted molar refractivity (Wildman–Crippen MR) is 104 cm³/mol. The van der Waals surface area contributed by atoms with Crippen LogP contribution in [0, 0.1) is 0 Å². The number of nitrogens with one attached hydrogen (secondary N) is 2. The number of rotatable bonds is 8. The van der Waals surface area contributed by atoms with Gasteiger partial charge < -0.3 is 25.2 Å². The molecule has 7 nitrogen and oxygen atoms in total. The van der Waals surface area contributed by atoms with Crippen molar-refractivity contribution in [2.24, 2.45) is 0 Å². The van der Waals surface area contributed by atoms with Crippen LogP contribution in [0.3, 0.4) is 0 Å². The van der Waals surface area contributed by atoms with Gasteiger partial charge in [0.15, 0.2) is 11.5 Å². The van der Waals surface area contributed by atoms with E-state index in [1.54, 1.807) is 0 Å². The molecule has 3 N–H and O–H groups in total. The first-order chi connectivity index (χ1) is 13.6. The zero-order valence-corrected chi connectivity index (χ0v) is 15.5. The van der Waals surface area contributed by atoms with Gasteiger partial charge in [-0.25, -0.2) is 4.79 Å². The van der Waals surface area contributed by atoms with Crippen LogP contribution in [0.15, 0.2) is 48.5 Å². The third kappa shape index (κ3) is 5.90. The van der Waals surface area contributed by atoms with E-state index >= 15 is 0 Å². The van der Waals surface area contributed by atoms with Crippen molar-refractivity contribution in [3.63, 3.8) is 0 Å². The van der Waals surface area contributed by atoms with Gasteiger partial charge in [-0.15, -0.1) is 0 Å². The average molecular weight is 384 g/mol. The number of hydrogen-bond acceptors (Lipinski definition) is 4. The average Bonchev–Trinajstić information content (AvgIpc) is 2.71. The quantitative estimate of drug-likeness (QED) is 0.650. The summed E-state index contributed by atoms with van der Waals surface area (Å²) in [6.45, 7) is 1.38. The van der Waals surface area contributed by atoms with E-state index in [1.807, 2.05) is 48.5 Å². The lowest BCUT2D eigenvalue weighted by molar-refractivity contribution is -0.137. The van der Waals surface area contributed by atoms with Gasteiger partial charge in [0.1, 0.15) is 13.2 Å². The SMILES string of the molecule is O=C(O)CCC(Cc1ccccc1)NC(=O)NCc1ccc2c(c1)OCCO2. The molecule has 0 radical (unpaired) electrons. The Bertz CT molecular complexity index is 810. The number of carboxylic acid groups (broad SMARTS) is 1. The monoisotopic (exact) mass is 384 g/mol. The van der Waals surface area contributed by atoms with Crippen molar-refractivity contribution in [3.8, 4) is 11.5 Å². The molecule has 0 aromatic heterocycles. The summed E-state index contributed by atoms with van der Waals surface area (Å²) < 4.78 is 11.0. The first-order valence-corrected chi connectivity index (χ1v) is 9.29.